The van der Waals surface area contributed by atoms with Crippen LogP contribution in [0.1, 0.15) is 115 Å². The Bertz CT molecular complexity index is 3040. The molecule has 2 unspecified atom stereocenters. The third-order valence-electron chi connectivity index (χ3n) is 20.2. The maximum Gasteiger partial charge on any atom is 0.324 e. The second kappa shape index (κ2) is 22.3. The summed E-state index contributed by atoms with van der Waals surface area (Å²) in [5.74, 6) is 0.332. The van der Waals surface area contributed by atoms with Gasteiger partial charge in [-0.25, -0.2) is 5.43 Å². The van der Waals surface area contributed by atoms with Gasteiger partial charge in [0.05, 0.1) is 61.3 Å². The standard InChI is InChI=1S/C64H86N10O7/c1-6-73-53-19-18-45-31-48(53)50(58(73)49-32-46(34-65-54(49)40(2)79-5)70-26-25-69-27-28-80-36-47(69)35-70)33-63(3,4)39-81-62(78)51-15-10-22-74(68-51)60(76)52(30-41-11-9-14-44(45)29-41)66-59(75)57(43-12-7-8-13-43)71-23-20-64(37-71)21-24-72(38-64)61(77)56-55(67-56)42-16-17-42/h9,11,14,18-19,29,31-32,34,40,42-43,47,51-52,55-57,67-68H,6-8,10,12-13,15-17,20-28,30,33,35-39H2,1-5H3,(H,66,75)/t40-,47-,51-,52-,55?,56+,57?,64-/m0/s1. The molecule has 2 aromatic heterocycles. The normalized spacial score (nSPS) is 29.2. The number of aryl methyl sites for hydroxylation is 1. The second-order valence-electron chi connectivity index (χ2n) is 26.5. The Morgan fingerprint density at radius 2 is 1.75 bits per heavy atom. The summed E-state index contributed by atoms with van der Waals surface area (Å²) in [4.78, 5) is 73.3. The van der Waals surface area contributed by atoms with Crippen LogP contribution >= 0.6 is 0 Å². The Morgan fingerprint density at radius 1 is 0.926 bits per heavy atom. The van der Waals surface area contributed by atoms with Crippen LogP contribution in [0.2, 0.25) is 0 Å². The molecule has 8 fully saturated rings. The van der Waals surface area contributed by atoms with Gasteiger partial charge in [-0.3, -0.25) is 44.3 Å². The van der Waals surface area contributed by atoms with Gasteiger partial charge in [-0.1, -0.05) is 57.0 Å². The van der Waals surface area contributed by atoms with E-state index in [1.165, 1.54) is 12.8 Å². The summed E-state index contributed by atoms with van der Waals surface area (Å²) in [5.41, 5.74) is 12.1. The van der Waals surface area contributed by atoms with Crippen LogP contribution in [-0.4, -0.2) is 175 Å². The lowest BCUT2D eigenvalue weighted by Gasteiger charge is -2.44. The molecule has 6 bridgehead atoms. The van der Waals surface area contributed by atoms with Crippen molar-refractivity contribution in [1.82, 2.24) is 45.3 Å². The molecule has 81 heavy (non-hydrogen) atoms. The van der Waals surface area contributed by atoms with E-state index in [1.54, 1.807) is 12.1 Å². The molecule has 3 amide bonds. The molecule has 0 radical (unpaired) electrons. The predicted molar refractivity (Wildman–Crippen MR) is 311 cm³/mol. The lowest BCUT2D eigenvalue weighted by atomic mass is 9.84. The van der Waals surface area contributed by atoms with E-state index in [0.717, 1.165) is 160 Å². The second-order valence-corrected chi connectivity index (χ2v) is 26.5. The van der Waals surface area contributed by atoms with E-state index >= 15 is 9.59 Å². The van der Waals surface area contributed by atoms with Gasteiger partial charge in [0.1, 0.15) is 18.1 Å². The first kappa shape index (κ1) is 54.8. The Hall–Kier alpha value is -5.43. The highest BCUT2D eigenvalue weighted by Crippen LogP contribution is 2.46. The summed E-state index contributed by atoms with van der Waals surface area (Å²) in [5, 5.41) is 9.58. The Balaban J connectivity index is 0.837. The van der Waals surface area contributed by atoms with Gasteiger partial charge in [0.2, 0.25) is 11.8 Å². The van der Waals surface area contributed by atoms with Crippen LogP contribution in [0.15, 0.2) is 54.7 Å². The first-order valence-corrected chi connectivity index (χ1v) is 30.9. The maximum absolute atomic E-state index is 15.3. The quantitative estimate of drug-likeness (QED) is 0.110. The minimum absolute atomic E-state index is 0.0277. The monoisotopic (exact) mass is 1110 g/mol. The van der Waals surface area contributed by atoms with Crippen LogP contribution < -0.4 is 21.0 Å². The number of aromatic nitrogens is 2. The largest absolute Gasteiger partial charge is 0.464 e. The molecule has 2 aliphatic carbocycles. The van der Waals surface area contributed by atoms with Gasteiger partial charge >= 0.3 is 5.97 Å². The highest BCUT2D eigenvalue weighted by atomic mass is 16.5. The van der Waals surface area contributed by atoms with Crippen molar-refractivity contribution in [1.29, 1.82) is 0 Å². The van der Waals surface area contributed by atoms with Crippen molar-refractivity contribution in [2.75, 3.05) is 90.7 Å². The summed E-state index contributed by atoms with van der Waals surface area (Å²) in [6.45, 7) is 18.2. The number of esters is 1. The topological polar surface area (TPSA) is 176 Å². The summed E-state index contributed by atoms with van der Waals surface area (Å²) in [6, 6.07) is 16.2. The van der Waals surface area contributed by atoms with Gasteiger partial charge in [-0.05, 0) is 130 Å². The van der Waals surface area contributed by atoms with Gasteiger partial charge in [0.15, 0.2) is 0 Å². The van der Waals surface area contributed by atoms with E-state index in [0.29, 0.717) is 50.4 Å². The number of fused-ring (bicyclic) bond motifs is 7. The maximum atomic E-state index is 15.3. The average Bonchev–Trinajstić information content (AvgIpc) is 4.44. The molecule has 17 heteroatoms. The Labute approximate surface area is 478 Å². The van der Waals surface area contributed by atoms with Gasteiger partial charge in [0.25, 0.3) is 5.91 Å². The molecular weight excluding hydrogens is 1020 g/mol. The Morgan fingerprint density at radius 3 is 2.57 bits per heavy atom. The fraction of sp³-hybridized carbons (Fsp3) is 0.641. The van der Waals surface area contributed by atoms with E-state index in [1.807, 2.05) is 6.20 Å². The minimum Gasteiger partial charge on any atom is -0.464 e. The van der Waals surface area contributed by atoms with Crippen molar-refractivity contribution < 1.29 is 33.4 Å². The van der Waals surface area contributed by atoms with Gasteiger partial charge in [-0.2, -0.15) is 0 Å². The number of hydrazine groups is 1. The first-order valence-electron chi connectivity index (χ1n) is 30.9. The molecule has 17 nitrogen and oxygen atoms in total. The molecule has 2 saturated carbocycles. The number of morpholine rings is 1. The molecule has 8 atom stereocenters. The van der Waals surface area contributed by atoms with Crippen molar-refractivity contribution in [3.63, 3.8) is 0 Å². The zero-order chi connectivity index (χ0) is 55.7. The van der Waals surface area contributed by atoms with E-state index in [-0.39, 0.29) is 60.3 Å². The molecule has 3 N–H and O–H groups in total. The third-order valence-corrected chi connectivity index (χ3v) is 20.2. The predicted octanol–water partition coefficient (Wildman–Crippen LogP) is 6.50. The van der Waals surface area contributed by atoms with E-state index in [2.05, 4.69) is 116 Å². The van der Waals surface area contributed by atoms with E-state index in [9.17, 15) is 9.59 Å². The van der Waals surface area contributed by atoms with Crippen molar-refractivity contribution in [3.05, 3.63) is 71.5 Å². The molecule has 7 aliphatic heterocycles. The van der Waals surface area contributed by atoms with E-state index < -0.39 is 23.5 Å². The number of pyridine rings is 1. The van der Waals surface area contributed by atoms with Crippen LogP contribution in [-0.2, 0) is 52.8 Å². The van der Waals surface area contributed by atoms with Gasteiger partial charge < -0.3 is 33.9 Å². The molecule has 2 aromatic carbocycles. The third kappa shape index (κ3) is 10.9. The number of anilines is 1. The minimum atomic E-state index is -0.901. The number of amides is 3. The fourth-order valence-electron chi connectivity index (χ4n) is 15.5. The molecular formula is C64H86N10O7. The number of cyclic esters (lactones) is 1. The smallest absolute Gasteiger partial charge is 0.324 e. The number of hydrogen-bond acceptors (Lipinski definition) is 13. The molecule has 9 heterocycles. The molecule has 6 saturated heterocycles. The zero-order valence-corrected chi connectivity index (χ0v) is 48.6. The summed E-state index contributed by atoms with van der Waals surface area (Å²) in [7, 11) is 1.74. The Kier molecular flexibility index (Phi) is 15.1. The van der Waals surface area contributed by atoms with Crippen molar-refractivity contribution in [2.45, 2.75) is 154 Å². The van der Waals surface area contributed by atoms with Gasteiger partial charge in [0, 0.05) is 106 Å². The highest BCUT2D eigenvalue weighted by molar-refractivity contribution is 5.96. The number of hydrogen-bond donors (Lipinski definition) is 3. The number of nitrogens with one attached hydrogen (secondary N) is 3. The lowest BCUT2D eigenvalue weighted by molar-refractivity contribution is -0.155. The molecule has 4 aromatic rings. The number of piperazine rings is 1. The van der Waals surface area contributed by atoms with Crippen LogP contribution in [0, 0.1) is 22.7 Å². The van der Waals surface area contributed by atoms with E-state index in [4.69, 9.17) is 19.2 Å². The number of nitrogens with zero attached hydrogens (tertiary/aromatic N) is 7. The number of carbonyl (C=O) groups is 4. The lowest BCUT2D eigenvalue weighted by Crippen LogP contribution is -2.62. The number of methoxy groups -OCH3 is 1. The van der Waals surface area contributed by atoms with Crippen LogP contribution in [0.4, 0.5) is 5.69 Å². The molecule has 9 aliphatic rings. The van der Waals surface area contributed by atoms with Crippen molar-refractivity contribution in [2.24, 2.45) is 22.7 Å². The highest BCUT2D eigenvalue weighted by Gasteiger charge is 2.55. The number of rotatable bonds is 11. The number of benzene rings is 2. The number of carbonyl (C=O) groups excluding carboxylic acids is 4. The van der Waals surface area contributed by atoms with Crippen LogP contribution in [0.3, 0.4) is 0 Å². The summed E-state index contributed by atoms with van der Waals surface area (Å²) in [6.07, 6.45) is 12.2. The van der Waals surface area contributed by atoms with Crippen molar-refractivity contribution in [3.8, 4) is 22.4 Å². The zero-order valence-electron chi connectivity index (χ0n) is 48.6. The SMILES string of the molecule is CCn1c(-c2cc(N3CCN4CCOC[C@@H]4C3)cnc2[C@H](C)OC)c2c3cc(ccc31)-c1cccc(c1)C[C@H](NC(=O)C(C1CCCC1)N1CC[C@]3(CCN(C(=O)[C@@H]4NC4C4CC4)C3)C1)C(=O)N1CCC[C@H](N1)C(=O)OCC(C)(C)C2. The van der Waals surface area contributed by atoms with Gasteiger partial charge in [-0.15, -0.1) is 0 Å². The number of ether oxygens (including phenoxy) is 3. The fourth-order valence-corrected chi connectivity index (χ4v) is 15.5. The molecule has 1 spiro atoms. The van der Waals surface area contributed by atoms with Crippen LogP contribution in [0.25, 0.3) is 33.3 Å². The van der Waals surface area contributed by atoms with Crippen LogP contribution in [0.5, 0.6) is 0 Å². The number of likely N-dealkylation sites (tertiary alicyclic amines) is 2. The molecule has 434 valence electrons. The van der Waals surface area contributed by atoms with Crippen molar-refractivity contribution >= 4 is 40.3 Å². The average molecular weight is 1110 g/mol. The summed E-state index contributed by atoms with van der Waals surface area (Å²) < 4.78 is 20.8. The first-order chi connectivity index (χ1) is 39.3. The molecule has 13 rings (SSSR count). The summed E-state index contributed by atoms with van der Waals surface area (Å²) >= 11 is 0.